The fraction of sp³-hybridized carbons (Fsp3) is 0.588. The monoisotopic (exact) mass is 308 g/mol. The van der Waals surface area contributed by atoms with Gasteiger partial charge in [0.05, 0.1) is 0 Å². The molecule has 0 saturated carbocycles. The number of unbranched alkanes of at least 4 members (excludes halogenated alkanes) is 1. The summed E-state index contributed by atoms with van der Waals surface area (Å²) in [5.74, 6) is 0.254. The van der Waals surface area contributed by atoms with E-state index in [0.717, 1.165) is 36.9 Å². The van der Waals surface area contributed by atoms with Crippen LogP contribution in [-0.4, -0.2) is 42.9 Å². The highest BCUT2D eigenvalue weighted by Gasteiger charge is 2.27. The van der Waals surface area contributed by atoms with Crippen molar-refractivity contribution < 1.29 is 4.79 Å². The molecule has 1 aliphatic rings. The van der Waals surface area contributed by atoms with Crippen LogP contribution in [0.4, 0.5) is 5.69 Å². The Balaban J connectivity index is 2.10. The van der Waals surface area contributed by atoms with E-state index < -0.39 is 0 Å². The van der Waals surface area contributed by atoms with Gasteiger partial charge in [0, 0.05) is 42.8 Å². The highest BCUT2D eigenvalue weighted by molar-refractivity contribution is 6.30. The second kappa shape index (κ2) is 7.81. The van der Waals surface area contributed by atoms with Gasteiger partial charge in [0.25, 0.3) is 0 Å². The Morgan fingerprint density at radius 1 is 1.38 bits per heavy atom. The maximum absolute atomic E-state index is 11.6. The second-order valence-corrected chi connectivity index (χ2v) is 6.32. The van der Waals surface area contributed by atoms with Crippen molar-refractivity contribution >= 4 is 23.1 Å². The molecular formula is C17H25ClN2O. The third-order valence-electron chi connectivity index (χ3n) is 4.06. The van der Waals surface area contributed by atoms with Gasteiger partial charge >= 0.3 is 0 Å². The lowest BCUT2D eigenvalue weighted by Crippen LogP contribution is -2.54. The maximum atomic E-state index is 11.6. The standard InChI is InChI=1S/C17H25ClN2O/c1-3-4-8-19-9-10-20(17(13-19)11-14(2)21)16-7-5-6-15(18)12-16/h5-7,12,17H,3-4,8-11,13H2,1-2H3. The van der Waals surface area contributed by atoms with Crippen LogP contribution in [0, 0.1) is 0 Å². The summed E-state index contributed by atoms with van der Waals surface area (Å²) in [5, 5.41) is 0.752. The van der Waals surface area contributed by atoms with Gasteiger partial charge in [-0.15, -0.1) is 0 Å². The minimum atomic E-state index is 0.254. The van der Waals surface area contributed by atoms with Crippen molar-refractivity contribution in [1.82, 2.24) is 4.90 Å². The van der Waals surface area contributed by atoms with Crippen molar-refractivity contribution in [3.63, 3.8) is 0 Å². The predicted molar refractivity (Wildman–Crippen MR) is 89.2 cm³/mol. The fourth-order valence-electron chi connectivity index (χ4n) is 3.01. The van der Waals surface area contributed by atoms with E-state index in [1.807, 2.05) is 18.2 Å². The Morgan fingerprint density at radius 2 is 2.19 bits per heavy atom. The number of Topliss-reactive ketones (excluding diaryl/α,β-unsaturated/α-hetero) is 1. The summed E-state index contributed by atoms with van der Waals surface area (Å²) >= 11 is 6.11. The van der Waals surface area contributed by atoms with Gasteiger partial charge < -0.3 is 4.90 Å². The number of ketones is 1. The van der Waals surface area contributed by atoms with Gasteiger partial charge in [-0.1, -0.05) is 31.0 Å². The number of carbonyl (C=O) groups excluding carboxylic acids is 1. The van der Waals surface area contributed by atoms with Crippen LogP contribution in [0.15, 0.2) is 24.3 Å². The smallest absolute Gasteiger partial charge is 0.131 e. The molecule has 1 unspecified atom stereocenters. The van der Waals surface area contributed by atoms with Gasteiger partial charge in [0.15, 0.2) is 0 Å². The maximum Gasteiger partial charge on any atom is 0.131 e. The van der Waals surface area contributed by atoms with Gasteiger partial charge in [0.1, 0.15) is 5.78 Å². The summed E-state index contributed by atoms with van der Waals surface area (Å²) < 4.78 is 0. The third kappa shape index (κ3) is 4.72. The first kappa shape index (κ1) is 16.3. The summed E-state index contributed by atoms with van der Waals surface area (Å²) in [6, 6.07) is 8.21. The first-order chi connectivity index (χ1) is 10.1. The first-order valence-electron chi connectivity index (χ1n) is 7.84. The van der Waals surface area contributed by atoms with Crippen molar-refractivity contribution in [2.24, 2.45) is 0 Å². The van der Waals surface area contributed by atoms with Gasteiger partial charge in [-0.25, -0.2) is 0 Å². The fourth-order valence-corrected chi connectivity index (χ4v) is 3.19. The van der Waals surface area contributed by atoms with E-state index >= 15 is 0 Å². The molecule has 21 heavy (non-hydrogen) atoms. The lowest BCUT2D eigenvalue weighted by Gasteiger charge is -2.42. The lowest BCUT2D eigenvalue weighted by atomic mass is 10.0. The molecule has 1 aromatic rings. The Labute approximate surface area is 132 Å². The van der Waals surface area contributed by atoms with Crippen LogP contribution >= 0.6 is 11.6 Å². The molecule has 0 aromatic heterocycles. The van der Waals surface area contributed by atoms with E-state index in [4.69, 9.17) is 11.6 Å². The Bertz CT molecular complexity index is 478. The summed E-state index contributed by atoms with van der Waals surface area (Å²) in [6.07, 6.45) is 3.05. The molecule has 1 fully saturated rings. The average Bonchev–Trinajstić information content (AvgIpc) is 2.44. The molecule has 0 aliphatic carbocycles. The van der Waals surface area contributed by atoms with E-state index in [2.05, 4.69) is 22.8 Å². The zero-order chi connectivity index (χ0) is 15.2. The summed E-state index contributed by atoms with van der Waals surface area (Å²) in [7, 11) is 0. The average molecular weight is 309 g/mol. The third-order valence-corrected chi connectivity index (χ3v) is 4.29. The summed E-state index contributed by atoms with van der Waals surface area (Å²) in [4.78, 5) is 16.4. The molecule has 3 nitrogen and oxygen atoms in total. The largest absolute Gasteiger partial charge is 0.365 e. The molecule has 0 radical (unpaired) electrons. The number of rotatable bonds is 6. The molecule has 1 aromatic carbocycles. The highest BCUT2D eigenvalue weighted by atomic mass is 35.5. The summed E-state index contributed by atoms with van der Waals surface area (Å²) in [6.45, 7) is 8.01. The van der Waals surface area contributed by atoms with Crippen LogP contribution in [0.1, 0.15) is 33.1 Å². The molecular weight excluding hydrogens is 284 g/mol. The number of nitrogens with zero attached hydrogens (tertiary/aromatic N) is 2. The van der Waals surface area contributed by atoms with Crippen molar-refractivity contribution in [3.05, 3.63) is 29.3 Å². The number of anilines is 1. The number of carbonyl (C=O) groups is 1. The number of hydrogen-bond acceptors (Lipinski definition) is 3. The van der Waals surface area contributed by atoms with Gasteiger partial charge in [-0.3, -0.25) is 9.69 Å². The van der Waals surface area contributed by atoms with Crippen molar-refractivity contribution in [3.8, 4) is 0 Å². The van der Waals surface area contributed by atoms with Gasteiger partial charge in [0.2, 0.25) is 0 Å². The zero-order valence-corrected chi connectivity index (χ0v) is 13.8. The van der Waals surface area contributed by atoms with Crippen molar-refractivity contribution in [2.75, 3.05) is 31.1 Å². The first-order valence-corrected chi connectivity index (χ1v) is 8.22. The van der Waals surface area contributed by atoms with Crippen LogP contribution in [0.3, 0.4) is 0 Å². The second-order valence-electron chi connectivity index (χ2n) is 5.89. The Kier molecular flexibility index (Phi) is 6.07. The molecule has 1 atom stereocenters. The van der Waals surface area contributed by atoms with E-state index in [0.29, 0.717) is 6.42 Å². The molecule has 1 saturated heterocycles. The van der Waals surface area contributed by atoms with Crippen LogP contribution in [0.5, 0.6) is 0 Å². The van der Waals surface area contributed by atoms with Gasteiger partial charge in [-0.2, -0.15) is 0 Å². The molecule has 1 heterocycles. The molecule has 1 aliphatic heterocycles. The summed E-state index contributed by atoms with van der Waals surface area (Å²) in [5.41, 5.74) is 1.13. The van der Waals surface area contributed by atoms with Crippen LogP contribution in [-0.2, 0) is 4.79 Å². The normalized spacial score (nSPS) is 19.8. The van der Waals surface area contributed by atoms with E-state index in [9.17, 15) is 4.79 Å². The molecule has 0 bridgehead atoms. The van der Waals surface area contributed by atoms with Crippen molar-refractivity contribution in [2.45, 2.75) is 39.2 Å². The topological polar surface area (TPSA) is 23.6 Å². The molecule has 0 N–H and O–H groups in total. The lowest BCUT2D eigenvalue weighted by molar-refractivity contribution is -0.117. The highest BCUT2D eigenvalue weighted by Crippen LogP contribution is 2.25. The number of halogens is 1. The number of piperazine rings is 1. The zero-order valence-electron chi connectivity index (χ0n) is 13.0. The molecule has 0 amide bonds. The van der Waals surface area contributed by atoms with Crippen LogP contribution in [0.25, 0.3) is 0 Å². The van der Waals surface area contributed by atoms with E-state index in [-0.39, 0.29) is 11.8 Å². The van der Waals surface area contributed by atoms with Crippen LogP contribution in [0.2, 0.25) is 5.02 Å². The predicted octanol–water partition coefficient (Wildman–Crippen LogP) is 3.61. The Hall–Kier alpha value is -1.06. The quantitative estimate of drug-likeness (QED) is 0.802. The van der Waals surface area contributed by atoms with E-state index in [1.54, 1.807) is 6.92 Å². The SMILES string of the molecule is CCCCN1CCN(c2cccc(Cl)c2)C(CC(C)=O)C1. The number of hydrogen-bond donors (Lipinski definition) is 0. The minimum absolute atomic E-state index is 0.254. The van der Waals surface area contributed by atoms with Crippen molar-refractivity contribution in [1.29, 1.82) is 0 Å². The molecule has 4 heteroatoms. The van der Waals surface area contributed by atoms with E-state index in [1.165, 1.54) is 12.8 Å². The Morgan fingerprint density at radius 3 is 2.86 bits per heavy atom. The molecule has 0 spiro atoms. The molecule has 116 valence electrons. The minimum Gasteiger partial charge on any atom is -0.365 e. The van der Waals surface area contributed by atoms with Gasteiger partial charge in [-0.05, 0) is 38.1 Å². The molecule has 2 rings (SSSR count). The van der Waals surface area contributed by atoms with Crippen LogP contribution < -0.4 is 4.90 Å². The number of benzene rings is 1.